The number of benzene rings is 1. The average molecular weight is 256 g/mol. The van der Waals surface area contributed by atoms with Crippen molar-refractivity contribution >= 4 is 17.3 Å². The van der Waals surface area contributed by atoms with Gasteiger partial charge in [0.15, 0.2) is 11.4 Å². The van der Waals surface area contributed by atoms with E-state index in [-0.39, 0.29) is 11.4 Å². The first-order chi connectivity index (χ1) is 9.12. The Bertz CT molecular complexity index is 637. The Labute approximate surface area is 108 Å². The molecule has 1 heterocycles. The number of hydrogen-bond acceptors (Lipinski definition) is 3. The van der Waals surface area contributed by atoms with Crippen molar-refractivity contribution in [3.8, 4) is 0 Å². The van der Waals surface area contributed by atoms with Gasteiger partial charge in [0.25, 0.3) is 0 Å². The van der Waals surface area contributed by atoms with Crippen molar-refractivity contribution in [2.75, 3.05) is 0 Å². The molecule has 0 unspecified atom stereocenters. The molecule has 1 aliphatic heterocycles. The molecule has 4 heteroatoms. The van der Waals surface area contributed by atoms with E-state index < -0.39 is 17.4 Å². The largest absolute Gasteiger partial charge is 0.440 e. The van der Waals surface area contributed by atoms with E-state index in [1.54, 1.807) is 30.3 Å². The van der Waals surface area contributed by atoms with Gasteiger partial charge in [0, 0.05) is 0 Å². The summed E-state index contributed by atoms with van der Waals surface area (Å²) in [5.41, 5.74) is -0.622. The number of rotatable bonds is 1. The minimum atomic E-state index is -1.31. The van der Waals surface area contributed by atoms with Crippen LogP contribution in [0.25, 0.3) is 5.57 Å². The summed E-state index contributed by atoms with van der Waals surface area (Å²) in [5, 5.41) is 0. The minimum absolute atomic E-state index is 0.137. The summed E-state index contributed by atoms with van der Waals surface area (Å²) in [7, 11) is 0. The Morgan fingerprint density at radius 1 is 1.00 bits per heavy atom. The second kappa shape index (κ2) is 4.02. The maximum Gasteiger partial charge on any atom is 0.369 e. The molecule has 2 aliphatic rings. The van der Waals surface area contributed by atoms with E-state index in [1.165, 1.54) is 24.3 Å². The average Bonchev–Trinajstić information content (AvgIpc) is 2.66. The van der Waals surface area contributed by atoms with Crippen LogP contribution in [-0.4, -0.2) is 17.4 Å². The monoisotopic (exact) mass is 256 g/mol. The van der Waals surface area contributed by atoms with E-state index >= 15 is 0 Å². The molecule has 0 fully saturated rings. The Balaban J connectivity index is 2.18. The number of halogens is 1. The maximum absolute atomic E-state index is 14.0. The predicted molar refractivity (Wildman–Crippen MR) is 66.6 cm³/mol. The fourth-order valence-corrected chi connectivity index (χ4v) is 2.24. The molecule has 1 spiro atoms. The van der Waals surface area contributed by atoms with Crippen molar-refractivity contribution in [2.24, 2.45) is 0 Å². The topological polar surface area (TPSA) is 43.4 Å². The quantitative estimate of drug-likeness (QED) is 0.724. The first-order valence-electron chi connectivity index (χ1n) is 5.74. The Morgan fingerprint density at radius 3 is 2.26 bits per heavy atom. The van der Waals surface area contributed by atoms with Gasteiger partial charge in [0.1, 0.15) is 0 Å². The summed E-state index contributed by atoms with van der Waals surface area (Å²) < 4.78 is 19.1. The SMILES string of the molecule is O=C1C=CC2(C=C1)OC(=O)C(F)=C2c1ccccc1. The molecule has 0 saturated carbocycles. The minimum Gasteiger partial charge on any atom is -0.440 e. The molecular formula is C15H9FO3. The van der Waals surface area contributed by atoms with Gasteiger partial charge in [-0.25, -0.2) is 4.79 Å². The Hall–Kier alpha value is -2.49. The highest BCUT2D eigenvalue weighted by Crippen LogP contribution is 2.43. The van der Waals surface area contributed by atoms with Crippen LogP contribution in [0.5, 0.6) is 0 Å². The first-order valence-corrected chi connectivity index (χ1v) is 5.74. The van der Waals surface area contributed by atoms with Gasteiger partial charge in [-0.3, -0.25) is 4.79 Å². The summed E-state index contributed by atoms with van der Waals surface area (Å²) in [4.78, 5) is 22.7. The molecule has 3 nitrogen and oxygen atoms in total. The number of esters is 1. The molecule has 0 aromatic heterocycles. The molecule has 0 atom stereocenters. The van der Waals surface area contributed by atoms with Crippen LogP contribution in [0.4, 0.5) is 4.39 Å². The summed E-state index contributed by atoms with van der Waals surface area (Å²) in [5.74, 6) is -2.15. The highest BCUT2D eigenvalue weighted by atomic mass is 19.1. The smallest absolute Gasteiger partial charge is 0.369 e. The number of ether oxygens (including phenoxy) is 1. The van der Waals surface area contributed by atoms with E-state index in [9.17, 15) is 14.0 Å². The van der Waals surface area contributed by atoms with E-state index in [4.69, 9.17) is 4.74 Å². The highest BCUT2D eigenvalue weighted by molar-refractivity contribution is 6.07. The summed E-state index contributed by atoms with van der Waals surface area (Å²) in [6.45, 7) is 0. The number of allylic oxidation sites excluding steroid dienone is 2. The zero-order valence-corrected chi connectivity index (χ0v) is 9.80. The zero-order valence-electron chi connectivity index (χ0n) is 9.80. The van der Waals surface area contributed by atoms with Gasteiger partial charge in [0.2, 0.25) is 5.83 Å². The van der Waals surface area contributed by atoms with Crippen molar-refractivity contribution < 1.29 is 18.7 Å². The maximum atomic E-state index is 14.0. The number of hydrogen-bond donors (Lipinski definition) is 0. The van der Waals surface area contributed by atoms with Crippen LogP contribution in [0, 0.1) is 0 Å². The second-order valence-corrected chi connectivity index (χ2v) is 4.31. The fourth-order valence-electron chi connectivity index (χ4n) is 2.24. The predicted octanol–water partition coefficient (Wildman–Crippen LogP) is 2.36. The molecule has 0 amide bonds. The molecular weight excluding hydrogens is 247 g/mol. The molecule has 1 aromatic rings. The standard InChI is InChI=1S/C15H9FO3/c16-13-12(10-4-2-1-3-5-10)15(19-14(13)18)8-6-11(17)7-9-15/h1-9H. The zero-order chi connectivity index (χ0) is 13.5. The lowest BCUT2D eigenvalue weighted by molar-refractivity contribution is -0.142. The lowest BCUT2D eigenvalue weighted by Crippen LogP contribution is -2.28. The van der Waals surface area contributed by atoms with E-state index in [0.717, 1.165) is 0 Å². The van der Waals surface area contributed by atoms with E-state index in [1.807, 2.05) is 0 Å². The molecule has 0 bridgehead atoms. The van der Waals surface area contributed by atoms with Gasteiger partial charge >= 0.3 is 5.97 Å². The van der Waals surface area contributed by atoms with Crippen molar-refractivity contribution in [1.82, 2.24) is 0 Å². The third kappa shape index (κ3) is 1.73. The van der Waals surface area contributed by atoms with Gasteiger partial charge in [-0.2, -0.15) is 4.39 Å². The van der Waals surface area contributed by atoms with Gasteiger partial charge in [-0.1, -0.05) is 30.3 Å². The van der Waals surface area contributed by atoms with E-state index in [2.05, 4.69) is 0 Å². The van der Waals surface area contributed by atoms with Crippen LogP contribution in [-0.2, 0) is 14.3 Å². The van der Waals surface area contributed by atoms with Crippen molar-refractivity contribution in [2.45, 2.75) is 5.60 Å². The number of carbonyl (C=O) groups excluding carboxylic acids is 2. The normalized spacial score (nSPS) is 20.3. The molecule has 0 radical (unpaired) electrons. The molecule has 94 valence electrons. The third-order valence-electron chi connectivity index (χ3n) is 3.10. The summed E-state index contributed by atoms with van der Waals surface area (Å²) in [6.07, 6.45) is 5.36. The van der Waals surface area contributed by atoms with Gasteiger partial charge in [-0.05, 0) is 29.9 Å². The van der Waals surface area contributed by atoms with Crippen LogP contribution in [0.2, 0.25) is 0 Å². The van der Waals surface area contributed by atoms with Gasteiger partial charge in [0.05, 0.1) is 5.57 Å². The Kier molecular flexibility index (Phi) is 2.45. The van der Waals surface area contributed by atoms with Crippen LogP contribution < -0.4 is 0 Å². The molecule has 19 heavy (non-hydrogen) atoms. The molecule has 0 saturated heterocycles. The lowest BCUT2D eigenvalue weighted by Gasteiger charge is -2.25. The van der Waals surface area contributed by atoms with Gasteiger partial charge in [-0.15, -0.1) is 0 Å². The Morgan fingerprint density at radius 2 is 1.63 bits per heavy atom. The number of ketones is 1. The third-order valence-corrected chi connectivity index (χ3v) is 3.10. The fraction of sp³-hybridized carbons (Fsp3) is 0.0667. The van der Waals surface area contributed by atoms with Crippen molar-refractivity contribution in [3.05, 3.63) is 66.0 Å². The molecule has 1 aliphatic carbocycles. The summed E-state index contributed by atoms with van der Waals surface area (Å²) >= 11 is 0. The number of carbonyl (C=O) groups is 2. The van der Waals surface area contributed by atoms with Crippen molar-refractivity contribution in [1.29, 1.82) is 0 Å². The van der Waals surface area contributed by atoms with Crippen LogP contribution in [0.3, 0.4) is 0 Å². The van der Waals surface area contributed by atoms with Crippen molar-refractivity contribution in [3.63, 3.8) is 0 Å². The highest BCUT2D eigenvalue weighted by Gasteiger charge is 2.46. The summed E-state index contributed by atoms with van der Waals surface area (Å²) in [6, 6.07) is 8.66. The van der Waals surface area contributed by atoms with Crippen LogP contribution in [0.1, 0.15) is 5.56 Å². The first kappa shape index (κ1) is 11.6. The van der Waals surface area contributed by atoms with Crippen LogP contribution in [0.15, 0.2) is 60.5 Å². The van der Waals surface area contributed by atoms with Gasteiger partial charge < -0.3 is 4.74 Å². The molecule has 0 N–H and O–H groups in total. The lowest BCUT2D eigenvalue weighted by atomic mass is 9.85. The second-order valence-electron chi connectivity index (χ2n) is 4.31. The van der Waals surface area contributed by atoms with Crippen LogP contribution >= 0.6 is 0 Å². The van der Waals surface area contributed by atoms with E-state index in [0.29, 0.717) is 5.56 Å². The molecule has 1 aromatic carbocycles. The molecule has 3 rings (SSSR count).